The van der Waals surface area contributed by atoms with Crippen LogP contribution in [0.15, 0.2) is 16.6 Å². The second-order valence-corrected chi connectivity index (χ2v) is 5.54. The number of esters is 1. The fourth-order valence-electron chi connectivity index (χ4n) is 1.84. The normalized spacial score (nSPS) is 13.9. The number of carbonyl (C=O) groups excluding carboxylic acids is 1. The average molecular weight is 314 g/mol. The number of anilines is 1. The summed E-state index contributed by atoms with van der Waals surface area (Å²) in [5, 5.41) is 3.37. The second kappa shape index (κ2) is 6.23. The average Bonchev–Trinajstić information content (AvgIpc) is 2.31. The molecule has 100 valence electrons. The van der Waals surface area contributed by atoms with Crippen molar-refractivity contribution in [3.05, 3.63) is 27.7 Å². The van der Waals surface area contributed by atoms with Gasteiger partial charge in [0.1, 0.15) is 0 Å². The second-order valence-electron chi connectivity index (χ2n) is 4.68. The fraction of sp³-hybridized carbons (Fsp3) is 0.500. The maximum absolute atomic E-state index is 11.5. The number of rotatable bonds is 4. The number of aryl methyl sites for hydroxylation is 2. The molecule has 2 unspecified atom stereocenters. The van der Waals surface area contributed by atoms with Gasteiger partial charge in [0.2, 0.25) is 0 Å². The van der Waals surface area contributed by atoms with Crippen LogP contribution in [0.5, 0.6) is 0 Å². The van der Waals surface area contributed by atoms with Crippen LogP contribution >= 0.6 is 15.9 Å². The maximum Gasteiger partial charge on any atom is 0.310 e. The molecule has 0 aliphatic heterocycles. The van der Waals surface area contributed by atoms with Crippen LogP contribution in [0.1, 0.15) is 25.0 Å². The van der Waals surface area contributed by atoms with E-state index in [0.29, 0.717) is 0 Å². The van der Waals surface area contributed by atoms with Crippen molar-refractivity contribution in [3.8, 4) is 0 Å². The van der Waals surface area contributed by atoms with E-state index in [-0.39, 0.29) is 17.9 Å². The summed E-state index contributed by atoms with van der Waals surface area (Å²) in [6.07, 6.45) is 0. The van der Waals surface area contributed by atoms with Gasteiger partial charge < -0.3 is 10.1 Å². The Morgan fingerprint density at radius 3 is 2.44 bits per heavy atom. The molecule has 0 aliphatic carbocycles. The molecule has 0 amide bonds. The van der Waals surface area contributed by atoms with E-state index in [9.17, 15) is 4.79 Å². The first kappa shape index (κ1) is 15.0. The molecule has 0 fully saturated rings. The van der Waals surface area contributed by atoms with Crippen LogP contribution in [0.2, 0.25) is 0 Å². The maximum atomic E-state index is 11.5. The van der Waals surface area contributed by atoms with E-state index in [0.717, 1.165) is 15.7 Å². The first-order chi connectivity index (χ1) is 8.36. The number of methoxy groups -OCH3 is 1. The van der Waals surface area contributed by atoms with E-state index in [1.165, 1.54) is 12.7 Å². The van der Waals surface area contributed by atoms with Gasteiger partial charge >= 0.3 is 5.97 Å². The van der Waals surface area contributed by atoms with Crippen molar-refractivity contribution in [2.75, 3.05) is 12.4 Å². The molecule has 1 N–H and O–H groups in total. The van der Waals surface area contributed by atoms with Gasteiger partial charge in [-0.15, -0.1) is 0 Å². The Hall–Kier alpha value is -1.03. The van der Waals surface area contributed by atoms with Crippen LogP contribution in [0, 0.1) is 19.8 Å². The molecule has 0 heterocycles. The van der Waals surface area contributed by atoms with Crippen LogP contribution in [0.25, 0.3) is 0 Å². The minimum atomic E-state index is -0.198. The van der Waals surface area contributed by atoms with Gasteiger partial charge in [-0.2, -0.15) is 0 Å². The van der Waals surface area contributed by atoms with Crippen molar-refractivity contribution in [1.29, 1.82) is 0 Å². The lowest BCUT2D eigenvalue weighted by atomic mass is 10.0. The Balaban J connectivity index is 2.88. The number of nitrogens with one attached hydrogen (secondary N) is 1. The van der Waals surface area contributed by atoms with Crippen LogP contribution in [0.4, 0.5) is 5.69 Å². The lowest BCUT2D eigenvalue weighted by Crippen LogP contribution is -2.31. The zero-order valence-corrected chi connectivity index (χ0v) is 13.1. The summed E-state index contributed by atoms with van der Waals surface area (Å²) in [4.78, 5) is 11.5. The van der Waals surface area contributed by atoms with Gasteiger partial charge in [0, 0.05) is 10.5 Å². The molecule has 0 spiro atoms. The number of carbonyl (C=O) groups is 1. The van der Waals surface area contributed by atoms with Gasteiger partial charge in [0.25, 0.3) is 0 Å². The van der Waals surface area contributed by atoms with Gasteiger partial charge in [-0.1, -0.05) is 6.07 Å². The number of halogens is 1. The van der Waals surface area contributed by atoms with Gasteiger partial charge in [-0.3, -0.25) is 4.79 Å². The highest BCUT2D eigenvalue weighted by Crippen LogP contribution is 2.29. The van der Waals surface area contributed by atoms with Crippen molar-refractivity contribution < 1.29 is 9.53 Å². The van der Waals surface area contributed by atoms with E-state index in [4.69, 9.17) is 4.74 Å². The summed E-state index contributed by atoms with van der Waals surface area (Å²) < 4.78 is 5.78. The predicted octanol–water partition coefficient (Wildman–Crippen LogP) is 3.68. The smallest absolute Gasteiger partial charge is 0.310 e. The third-order valence-corrected chi connectivity index (χ3v) is 3.75. The number of ether oxygens (including phenoxy) is 1. The lowest BCUT2D eigenvalue weighted by molar-refractivity contribution is -0.145. The van der Waals surface area contributed by atoms with Crippen LogP contribution in [0.3, 0.4) is 0 Å². The van der Waals surface area contributed by atoms with E-state index in [2.05, 4.69) is 47.2 Å². The van der Waals surface area contributed by atoms with Crippen molar-refractivity contribution in [2.45, 2.75) is 33.7 Å². The van der Waals surface area contributed by atoms with Crippen LogP contribution in [-0.4, -0.2) is 19.1 Å². The largest absolute Gasteiger partial charge is 0.469 e. The molecule has 3 nitrogen and oxygen atoms in total. The summed E-state index contributed by atoms with van der Waals surface area (Å²) in [6.45, 7) is 7.95. The quantitative estimate of drug-likeness (QED) is 0.862. The Labute approximate surface area is 117 Å². The van der Waals surface area contributed by atoms with E-state index in [1.54, 1.807) is 0 Å². The van der Waals surface area contributed by atoms with Crippen molar-refractivity contribution >= 4 is 27.6 Å². The Kier molecular flexibility index (Phi) is 5.20. The molecule has 1 aromatic rings. The third-order valence-electron chi connectivity index (χ3n) is 3.13. The summed E-state index contributed by atoms with van der Waals surface area (Å²) >= 11 is 3.55. The standard InChI is InChI=1S/C14H20BrNO2/c1-8-6-9(2)13(12(15)7-8)16-11(4)10(3)14(17)18-5/h6-7,10-11,16H,1-5H3. The van der Waals surface area contributed by atoms with Gasteiger partial charge in [-0.25, -0.2) is 0 Å². The molecule has 0 saturated heterocycles. The zero-order valence-electron chi connectivity index (χ0n) is 11.5. The molecule has 0 radical (unpaired) electrons. The fourth-order valence-corrected chi connectivity index (χ4v) is 2.63. The number of hydrogen-bond donors (Lipinski definition) is 1. The third kappa shape index (κ3) is 3.48. The Bertz CT molecular complexity index is 422. The van der Waals surface area contributed by atoms with Crippen LogP contribution < -0.4 is 5.32 Å². The minimum Gasteiger partial charge on any atom is -0.469 e. The highest BCUT2D eigenvalue weighted by Gasteiger charge is 2.21. The Morgan fingerprint density at radius 2 is 1.94 bits per heavy atom. The molecule has 0 aliphatic rings. The highest BCUT2D eigenvalue weighted by atomic mass is 79.9. The first-order valence-electron chi connectivity index (χ1n) is 5.98. The van der Waals surface area contributed by atoms with E-state index >= 15 is 0 Å². The van der Waals surface area contributed by atoms with Crippen LogP contribution in [-0.2, 0) is 9.53 Å². The molecular formula is C14H20BrNO2. The van der Waals surface area contributed by atoms with E-state index < -0.39 is 0 Å². The lowest BCUT2D eigenvalue weighted by Gasteiger charge is -2.22. The Morgan fingerprint density at radius 1 is 1.33 bits per heavy atom. The molecule has 18 heavy (non-hydrogen) atoms. The molecule has 2 atom stereocenters. The van der Waals surface area contributed by atoms with Gasteiger partial charge in [-0.05, 0) is 60.8 Å². The summed E-state index contributed by atoms with van der Waals surface area (Å²) in [6, 6.07) is 4.18. The van der Waals surface area contributed by atoms with Gasteiger partial charge in [0.15, 0.2) is 0 Å². The molecule has 0 bridgehead atoms. The topological polar surface area (TPSA) is 38.3 Å². The van der Waals surface area contributed by atoms with Crippen molar-refractivity contribution in [3.63, 3.8) is 0 Å². The summed E-state index contributed by atoms with van der Waals surface area (Å²) in [5.74, 6) is -0.390. The van der Waals surface area contributed by atoms with Crippen molar-refractivity contribution in [1.82, 2.24) is 0 Å². The van der Waals surface area contributed by atoms with Crippen molar-refractivity contribution in [2.24, 2.45) is 5.92 Å². The monoisotopic (exact) mass is 313 g/mol. The number of benzene rings is 1. The first-order valence-corrected chi connectivity index (χ1v) is 6.77. The molecule has 1 aromatic carbocycles. The van der Waals surface area contributed by atoms with E-state index in [1.807, 2.05) is 13.8 Å². The summed E-state index contributed by atoms with van der Waals surface area (Å²) in [5.41, 5.74) is 3.40. The summed E-state index contributed by atoms with van der Waals surface area (Å²) in [7, 11) is 1.42. The highest BCUT2D eigenvalue weighted by molar-refractivity contribution is 9.10. The molecule has 1 rings (SSSR count). The molecule has 4 heteroatoms. The molecule has 0 aromatic heterocycles. The number of hydrogen-bond acceptors (Lipinski definition) is 3. The minimum absolute atomic E-state index is 0.00940. The predicted molar refractivity (Wildman–Crippen MR) is 77.9 cm³/mol. The molecular weight excluding hydrogens is 294 g/mol. The molecule has 0 saturated carbocycles. The zero-order chi connectivity index (χ0) is 13.9. The SMILES string of the molecule is COC(=O)C(C)C(C)Nc1c(C)cc(C)cc1Br. The van der Waals surface area contributed by atoms with Gasteiger partial charge in [0.05, 0.1) is 18.7 Å².